The molecule has 0 aliphatic rings. The molecule has 0 spiro atoms. The van der Waals surface area contributed by atoms with Crippen LogP contribution in [0.2, 0.25) is 0 Å². The molecule has 0 N–H and O–H groups in total. The van der Waals surface area contributed by atoms with E-state index in [1.165, 1.54) is 0 Å². The van der Waals surface area contributed by atoms with Crippen LogP contribution in [0.4, 0.5) is 52.7 Å². The molecule has 5 aromatic rings. The molecule has 174 valence electrons. The van der Waals surface area contributed by atoms with Gasteiger partial charge in [-0.3, -0.25) is 0 Å². The van der Waals surface area contributed by atoms with E-state index < -0.39 is 113 Å². The highest BCUT2D eigenvalue weighted by atomic mass is 19.2. The summed E-state index contributed by atoms with van der Waals surface area (Å²) in [6.07, 6.45) is 0. The molecule has 0 atom stereocenters. The Hall–Kier alpha value is -3.70. The summed E-state index contributed by atoms with van der Waals surface area (Å²) in [6, 6.07) is 0.0325. The minimum absolute atomic E-state index is 0.0253. The second-order valence-corrected chi connectivity index (χ2v) is 7.20. The average Bonchev–Trinajstić information content (AvgIpc) is 2.78. The summed E-state index contributed by atoms with van der Waals surface area (Å²) in [7, 11) is 0. The molecule has 0 saturated carbocycles. The molecule has 0 aliphatic carbocycles. The lowest BCUT2D eigenvalue weighted by atomic mass is 9.87. The molecule has 0 radical (unpaired) electrons. The van der Waals surface area contributed by atoms with Gasteiger partial charge in [-0.2, -0.15) is 0 Å². The van der Waals surface area contributed by atoms with E-state index in [1.54, 1.807) is 0 Å². The maximum absolute atomic E-state index is 15.1. The standard InChI is InChI=1S/C22H2F12/c23-3-1-4(13(25)5(24)2-3)6-9-7-8-11(17(29)15(9)27)20(32)22(34)21(33)12(8)19(31)18(30)10(7)16(28)14(6)26/h1-2H. The highest BCUT2D eigenvalue weighted by Crippen LogP contribution is 2.48. The molecule has 0 saturated heterocycles. The topological polar surface area (TPSA) is 0 Å². The molecule has 0 aromatic heterocycles. The van der Waals surface area contributed by atoms with Crippen LogP contribution in [-0.4, -0.2) is 0 Å². The first-order valence-corrected chi connectivity index (χ1v) is 8.92. The summed E-state index contributed by atoms with van der Waals surface area (Å²) in [5.74, 6) is -27.3. The van der Waals surface area contributed by atoms with Gasteiger partial charge in [0.1, 0.15) is 5.82 Å². The van der Waals surface area contributed by atoms with Crippen LogP contribution < -0.4 is 0 Å². The number of benzene rings is 5. The van der Waals surface area contributed by atoms with Gasteiger partial charge in [-0.1, -0.05) is 0 Å². The summed E-state index contributed by atoms with van der Waals surface area (Å²) >= 11 is 0. The van der Waals surface area contributed by atoms with E-state index in [0.717, 1.165) is 0 Å². The van der Waals surface area contributed by atoms with Crippen LogP contribution in [0, 0.1) is 69.8 Å². The van der Waals surface area contributed by atoms with Crippen molar-refractivity contribution in [2.24, 2.45) is 0 Å². The number of hydrogen-bond donors (Lipinski definition) is 0. The molecule has 5 rings (SSSR count). The van der Waals surface area contributed by atoms with Gasteiger partial charge in [-0.25, -0.2) is 52.7 Å². The lowest BCUT2D eigenvalue weighted by molar-refractivity contribution is 0.448. The third kappa shape index (κ3) is 2.48. The smallest absolute Gasteiger partial charge is 0.195 e. The summed E-state index contributed by atoms with van der Waals surface area (Å²) in [6.45, 7) is 0. The van der Waals surface area contributed by atoms with E-state index in [1.807, 2.05) is 0 Å². The van der Waals surface area contributed by atoms with Crippen molar-refractivity contribution in [3.8, 4) is 11.1 Å². The summed E-state index contributed by atoms with van der Waals surface area (Å²) in [5, 5.41) is -9.85. The van der Waals surface area contributed by atoms with Crippen LogP contribution >= 0.6 is 0 Å². The van der Waals surface area contributed by atoms with Crippen LogP contribution in [0.15, 0.2) is 12.1 Å². The van der Waals surface area contributed by atoms with Crippen molar-refractivity contribution in [1.29, 1.82) is 0 Å². The quantitative estimate of drug-likeness (QED) is 0.0962. The first-order chi connectivity index (χ1) is 15.9. The van der Waals surface area contributed by atoms with E-state index in [0.29, 0.717) is 0 Å². The zero-order chi connectivity index (χ0) is 25.0. The van der Waals surface area contributed by atoms with Crippen LogP contribution in [-0.2, 0) is 0 Å². The Labute approximate surface area is 178 Å². The van der Waals surface area contributed by atoms with Crippen molar-refractivity contribution >= 4 is 32.3 Å². The van der Waals surface area contributed by atoms with Crippen LogP contribution in [0.3, 0.4) is 0 Å². The van der Waals surface area contributed by atoms with Gasteiger partial charge < -0.3 is 0 Å². The maximum Gasteiger partial charge on any atom is 0.195 e. The normalized spacial score (nSPS) is 12.1. The zero-order valence-electron chi connectivity index (χ0n) is 15.7. The second-order valence-electron chi connectivity index (χ2n) is 7.20. The SMILES string of the molecule is Fc1cc(F)c(F)c(-c2c(F)c(F)c3c(F)c(F)c4c(F)c(F)c(F)c5c(F)c(F)c2c3c45)c1. The molecule has 0 bridgehead atoms. The van der Waals surface area contributed by atoms with Crippen molar-refractivity contribution in [3.63, 3.8) is 0 Å². The summed E-state index contributed by atoms with van der Waals surface area (Å²) in [4.78, 5) is 0. The van der Waals surface area contributed by atoms with E-state index in [9.17, 15) is 48.3 Å². The number of rotatable bonds is 1. The first kappa shape index (κ1) is 22.1. The van der Waals surface area contributed by atoms with Crippen molar-refractivity contribution in [3.05, 3.63) is 81.9 Å². The Morgan fingerprint density at radius 1 is 0.324 bits per heavy atom. The van der Waals surface area contributed by atoms with Crippen molar-refractivity contribution in [1.82, 2.24) is 0 Å². The van der Waals surface area contributed by atoms with E-state index in [-0.39, 0.29) is 12.1 Å². The zero-order valence-corrected chi connectivity index (χ0v) is 15.7. The van der Waals surface area contributed by atoms with Crippen molar-refractivity contribution < 1.29 is 52.7 Å². The third-order valence-electron chi connectivity index (χ3n) is 5.48. The van der Waals surface area contributed by atoms with E-state index >= 15 is 4.39 Å². The van der Waals surface area contributed by atoms with Crippen LogP contribution in [0.5, 0.6) is 0 Å². The van der Waals surface area contributed by atoms with Crippen LogP contribution in [0.1, 0.15) is 0 Å². The molecule has 5 aromatic carbocycles. The van der Waals surface area contributed by atoms with Crippen molar-refractivity contribution in [2.45, 2.75) is 0 Å². The molecule has 0 nitrogen and oxygen atoms in total. The molecular weight excluding hydrogens is 492 g/mol. The van der Waals surface area contributed by atoms with Crippen LogP contribution in [0.25, 0.3) is 43.4 Å². The van der Waals surface area contributed by atoms with E-state index in [4.69, 9.17) is 0 Å². The highest BCUT2D eigenvalue weighted by molar-refractivity contribution is 6.26. The number of halogens is 12. The lowest BCUT2D eigenvalue weighted by Gasteiger charge is -2.20. The Kier molecular flexibility index (Phi) is 4.49. The van der Waals surface area contributed by atoms with E-state index in [2.05, 4.69) is 0 Å². The maximum atomic E-state index is 15.1. The van der Waals surface area contributed by atoms with Gasteiger partial charge in [0.2, 0.25) is 0 Å². The van der Waals surface area contributed by atoms with Gasteiger partial charge in [0.25, 0.3) is 0 Å². The number of hydrogen-bond acceptors (Lipinski definition) is 0. The monoisotopic (exact) mass is 494 g/mol. The first-order valence-electron chi connectivity index (χ1n) is 8.92. The van der Waals surface area contributed by atoms with Gasteiger partial charge in [0, 0.05) is 33.4 Å². The molecule has 0 heterocycles. The molecule has 34 heavy (non-hydrogen) atoms. The van der Waals surface area contributed by atoms with Gasteiger partial charge >= 0.3 is 0 Å². The summed E-state index contributed by atoms with van der Waals surface area (Å²) < 4.78 is 174. The Balaban J connectivity index is 2.25. The molecule has 0 aliphatic heterocycles. The largest absolute Gasteiger partial charge is 0.207 e. The average molecular weight is 494 g/mol. The molecule has 0 unspecified atom stereocenters. The van der Waals surface area contributed by atoms with Gasteiger partial charge in [0.05, 0.1) is 16.2 Å². The minimum Gasteiger partial charge on any atom is -0.207 e. The van der Waals surface area contributed by atoms with Gasteiger partial charge in [-0.15, -0.1) is 0 Å². The van der Waals surface area contributed by atoms with Crippen molar-refractivity contribution in [2.75, 3.05) is 0 Å². The highest BCUT2D eigenvalue weighted by Gasteiger charge is 2.36. The van der Waals surface area contributed by atoms with Gasteiger partial charge in [0.15, 0.2) is 64.0 Å². The lowest BCUT2D eigenvalue weighted by Crippen LogP contribution is -2.08. The minimum atomic E-state index is -2.53. The molecule has 12 heteroatoms. The fourth-order valence-electron chi connectivity index (χ4n) is 4.12. The molecule has 0 amide bonds. The Morgan fingerprint density at radius 2 is 0.706 bits per heavy atom. The predicted octanol–water partition coefficient (Wildman–Crippen LogP) is 7.92. The fraction of sp³-hybridized carbons (Fsp3) is 0. The fourth-order valence-corrected chi connectivity index (χ4v) is 4.12. The van der Waals surface area contributed by atoms with Gasteiger partial charge in [-0.05, 0) is 6.07 Å². The Bertz CT molecular complexity index is 1700. The second kappa shape index (κ2) is 6.90. The summed E-state index contributed by atoms with van der Waals surface area (Å²) in [5.41, 5.74) is -3.21. The Morgan fingerprint density at radius 3 is 1.21 bits per heavy atom. The third-order valence-corrected chi connectivity index (χ3v) is 5.48. The predicted molar refractivity (Wildman–Crippen MR) is 95.1 cm³/mol. The molecular formula is C22H2F12. The molecule has 0 fully saturated rings.